The van der Waals surface area contributed by atoms with E-state index in [0.29, 0.717) is 13.0 Å². The van der Waals surface area contributed by atoms with Gasteiger partial charge in [0.15, 0.2) is 0 Å². The molecule has 1 aliphatic heterocycles. The number of carbonyl (C=O) groups is 1. The highest BCUT2D eigenvalue weighted by Gasteiger charge is 2.35. The number of aromatic nitrogens is 3. The van der Waals surface area contributed by atoms with Crippen molar-refractivity contribution < 1.29 is 4.79 Å². The third-order valence-electron chi connectivity index (χ3n) is 3.31. The van der Waals surface area contributed by atoms with Crippen LogP contribution in [0, 0.1) is 0 Å². The van der Waals surface area contributed by atoms with Crippen molar-refractivity contribution in [2.75, 3.05) is 13.1 Å². The van der Waals surface area contributed by atoms with Crippen molar-refractivity contribution in [3.05, 3.63) is 12.2 Å². The van der Waals surface area contributed by atoms with Crippen molar-refractivity contribution in [1.29, 1.82) is 0 Å². The van der Waals surface area contributed by atoms with Gasteiger partial charge in [0.2, 0.25) is 5.91 Å². The molecule has 1 aliphatic rings. The number of nitrogens with one attached hydrogen (secondary N) is 2. The van der Waals surface area contributed by atoms with Gasteiger partial charge in [-0.05, 0) is 26.3 Å². The van der Waals surface area contributed by atoms with E-state index in [1.165, 1.54) is 0 Å². The lowest BCUT2D eigenvalue weighted by molar-refractivity contribution is -0.126. The second-order valence-electron chi connectivity index (χ2n) is 4.73. The minimum Gasteiger partial charge on any atom is -0.354 e. The monoisotopic (exact) mass is 237 g/mol. The summed E-state index contributed by atoms with van der Waals surface area (Å²) in [6.07, 6.45) is 4.34. The fraction of sp³-hybridized carbons (Fsp3) is 0.727. The lowest BCUT2D eigenvalue weighted by atomic mass is 9.99. The van der Waals surface area contributed by atoms with Crippen LogP contribution >= 0.6 is 0 Å². The number of rotatable bonds is 4. The van der Waals surface area contributed by atoms with Crippen LogP contribution in [0.15, 0.2) is 6.33 Å². The average molecular weight is 237 g/mol. The van der Waals surface area contributed by atoms with E-state index in [1.807, 2.05) is 18.5 Å². The van der Waals surface area contributed by atoms with Gasteiger partial charge in [0, 0.05) is 20.0 Å². The smallest absolute Gasteiger partial charge is 0.240 e. The number of amides is 1. The van der Waals surface area contributed by atoms with Crippen molar-refractivity contribution in [2.24, 2.45) is 7.05 Å². The fourth-order valence-electron chi connectivity index (χ4n) is 2.10. The van der Waals surface area contributed by atoms with Gasteiger partial charge >= 0.3 is 0 Å². The molecule has 1 saturated heterocycles. The number of hydrogen-bond donors (Lipinski definition) is 2. The summed E-state index contributed by atoms with van der Waals surface area (Å²) in [5, 5.41) is 14.0. The molecule has 0 aliphatic carbocycles. The number of hydrogen-bond acceptors (Lipinski definition) is 4. The van der Waals surface area contributed by atoms with Gasteiger partial charge in [-0.2, -0.15) is 0 Å². The summed E-state index contributed by atoms with van der Waals surface area (Å²) in [7, 11) is 1.90. The topological polar surface area (TPSA) is 71.8 Å². The predicted molar refractivity (Wildman–Crippen MR) is 63.4 cm³/mol. The lowest BCUT2D eigenvalue weighted by Gasteiger charge is -2.22. The van der Waals surface area contributed by atoms with Crippen LogP contribution in [0.4, 0.5) is 0 Å². The van der Waals surface area contributed by atoms with Gasteiger partial charge in [0.1, 0.15) is 12.2 Å². The fourth-order valence-corrected chi connectivity index (χ4v) is 2.10. The number of aryl methyl sites for hydroxylation is 1. The standard InChI is InChI=1S/C11H19N5O/c1-11(5-3-6-13-11)10(17)12-7-4-9-15-14-8-16(9)2/h8,13H,3-7H2,1-2H3,(H,12,17). The third-order valence-corrected chi connectivity index (χ3v) is 3.31. The second kappa shape index (κ2) is 4.83. The quantitative estimate of drug-likeness (QED) is 0.748. The molecule has 17 heavy (non-hydrogen) atoms. The van der Waals surface area contributed by atoms with Gasteiger partial charge in [0.25, 0.3) is 0 Å². The molecule has 1 unspecified atom stereocenters. The highest BCUT2D eigenvalue weighted by molar-refractivity contribution is 5.86. The van der Waals surface area contributed by atoms with Crippen LogP contribution in [0.1, 0.15) is 25.6 Å². The maximum atomic E-state index is 12.0. The molecule has 1 fully saturated rings. The molecule has 6 heteroatoms. The normalized spacial score (nSPS) is 23.9. The zero-order chi connectivity index (χ0) is 12.3. The highest BCUT2D eigenvalue weighted by Crippen LogP contribution is 2.18. The first kappa shape index (κ1) is 12.0. The molecular formula is C11H19N5O. The largest absolute Gasteiger partial charge is 0.354 e. The molecule has 0 saturated carbocycles. The van der Waals surface area contributed by atoms with Crippen LogP contribution in [0.25, 0.3) is 0 Å². The van der Waals surface area contributed by atoms with Gasteiger partial charge in [-0.3, -0.25) is 4.79 Å². The molecule has 0 bridgehead atoms. The molecule has 1 aromatic rings. The van der Waals surface area contributed by atoms with Gasteiger partial charge in [-0.1, -0.05) is 0 Å². The molecular weight excluding hydrogens is 218 g/mol. The summed E-state index contributed by atoms with van der Waals surface area (Å²) in [5.41, 5.74) is -0.389. The summed E-state index contributed by atoms with van der Waals surface area (Å²) >= 11 is 0. The Bertz CT molecular complexity index is 394. The Morgan fingerprint density at radius 2 is 2.53 bits per heavy atom. The Labute approximate surface area is 101 Å². The SMILES string of the molecule is Cn1cnnc1CCNC(=O)C1(C)CCCN1. The first-order chi connectivity index (χ1) is 8.12. The number of nitrogens with zero attached hydrogens (tertiary/aromatic N) is 3. The molecule has 1 atom stereocenters. The minimum absolute atomic E-state index is 0.0807. The zero-order valence-electron chi connectivity index (χ0n) is 10.4. The third kappa shape index (κ3) is 2.63. The lowest BCUT2D eigenvalue weighted by Crippen LogP contribution is -2.51. The molecule has 0 spiro atoms. The van der Waals surface area contributed by atoms with Crippen LogP contribution in [0.3, 0.4) is 0 Å². The van der Waals surface area contributed by atoms with E-state index in [1.54, 1.807) is 6.33 Å². The molecule has 2 rings (SSSR count). The minimum atomic E-state index is -0.389. The highest BCUT2D eigenvalue weighted by atomic mass is 16.2. The predicted octanol–water partition coefficient (Wildman–Crippen LogP) is -0.384. The summed E-state index contributed by atoms with van der Waals surface area (Å²) in [6.45, 7) is 3.48. The second-order valence-corrected chi connectivity index (χ2v) is 4.73. The Morgan fingerprint density at radius 1 is 1.71 bits per heavy atom. The van der Waals surface area contributed by atoms with Gasteiger partial charge in [-0.25, -0.2) is 0 Å². The molecule has 94 valence electrons. The van der Waals surface area contributed by atoms with Crippen LogP contribution in [0.5, 0.6) is 0 Å². The molecule has 0 aromatic carbocycles. The summed E-state index contributed by atoms with van der Waals surface area (Å²) in [4.78, 5) is 12.0. The van der Waals surface area contributed by atoms with E-state index < -0.39 is 0 Å². The molecule has 6 nitrogen and oxygen atoms in total. The maximum absolute atomic E-state index is 12.0. The molecule has 2 heterocycles. The van der Waals surface area contributed by atoms with Crippen LogP contribution in [-0.2, 0) is 18.3 Å². The van der Waals surface area contributed by atoms with Gasteiger partial charge < -0.3 is 15.2 Å². The van der Waals surface area contributed by atoms with E-state index in [0.717, 1.165) is 25.2 Å². The first-order valence-corrected chi connectivity index (χ1v) is 5.98. The van der Waals surface area contributed by atoms with E-state index in [9.17, 15) is 4.79 Å². The van der Waals surface area contributed by atoms with Crippen molar-refractivity contribution in [2.45, 2.75) is 31.7 Å². The van der Waals surface area contributed by atoms with Crippen LogP contribution in [-0.4, -0.2) is 39.3 Å². The molecule has 2 N–H and O–H groups in total. The molecule has 1 amide bonds. The van der Waals surface area contributed by atoms with Gasteiger partial charge in [0.05, 0.1) is 5.54 Å². The van der Waals surface area contributed by atoms with E-state index in [-0.39, 0.29) is 11.4 Å². The van der Waals surface area contributed by atoms with Crippen molar-refractivity contribution in [3.8, 4) is 0 Å². The Morgan fingerprint density at radius 3 is 3.12 bits per heavy atom. The van der Waals surface area contributed by atoms with Crippen LogP contribution in [0.2, 0.25) is 0 Å². The van der Waals surface area contributed by atoms with Gasteiger partial charge in [-0.15, -0.1) is 10.2 Å². The summed E-state index contributed by atoms with van der Waals surface area (Å²) in [5.74, 6) is 0.965. The van der Waals surface area contributed by atoms with E-state index in [4.69, 9.17) is 0 Å². The van der Waals surface area contributed by atoms with E-state index >= 15 is 0 Å². The van der Waals surface area contributed by atoms with Crippen molar-refractivity contribution >= 4 is 5.91 Å². The van der Waals surface area contributed by atoms with Crippen molar-refractivity contribution in [1.82, 2.24) is 25.4 Å². The Balaban J connectivity index is 1.79. The first-order valence-electron chi connectivity index (χ1n) is 5.98. The van der Waals surface area contributed by atoms with E-state index in [2.05, 4.69) is 20.8 Å². The maximum Gasteiger partial charge on any atom is 0.240 e. The molecule has 1 aromatic heterocycles. The average Bonchev–Trinajstić information content (AvgIpc) is 2.89. The number of carbonyl (C=O) groups excluding carboxylic acids is 1. The Hall–Kier alpha value is -1.43. The Kier molecular flexibility index (Phi) is 3.42. The molecule has 0 radical (unpaired) electrons. The summed E-state index contributed by atoms with van der Waals surface area (Å²) < 4.78 is 1.86. The summed E-state index contributed by atoms with van der Waals surface area (Å²) in [6, 6.07) is 0. The zero-order valence-corrected chi connectivity index (χ0v) is 10.4. The van der Waals surface area contributed by atoms with Crippen LogP contribution < -0.4 is 10.6 Å². The van der Waals surface area contributed by atoms with Crippen molar-refractivity contribution in [3.63, 3.8) is 0 Å².